The van der Waals surface area contributed by atoms with E-state index in [2.05, 4.69) is 57.7 Å². The highest BCUT2D eigenvalue weighted by Crippen LogP contribution is 2.29. The molecule has 0 aromatic heterocycles. The van der Waals surface area contributed by atoms with E-state index in [1.165, 1.54) is 11.1 Å². The Bertz CT molecular complexity index is 855. The summed E-state index contributed by atoms with van der Waals surface area (Å²) >= 11 is 0. The summed E-state index contributed by atoms with van der Waals surface area (Å²) in [6, 6.07) is 17.8. The smallest absolute Gasteiger partial charge is 0.185 e. The summed E-state index contributed by atoms with van der Waals surface area (Å²) in [6.45, 7) is 3.55. The van der Waals surface area contributed by atoms with Crippen molar-refractivity contribution in [2.45, 2.75) is 44.3 Å². The molecule has 1 fully saturated rings. The zero-order chi connectivity index (χ0) is 22.8. The molecule has 0 radical (unpaired) electrons. The molecule has 2 aromatic rings. The molecule has 1 heterocycles. The van der Waals surface area contributed by atoms with Crippen LogP contribution in [0.5, 0.6) is 11.5 Å². The van der Waals surface area contributed by atoms with Gasteiger partial charge in [-0.25, -0.2) is 0 Å². The normalized spacial score (nSPS) is 18.8. The topological polar surface area (TPSA) is 98.1 Å². The molecule has 0 spiro atoms. The lowest BCUT2D eigenvalue weighted by Gasteiger charge is -2.41. The van der Waals surface area contributed by atoms with Gasteiger partial charge in [0.2, 0.25) is 0 Å². The fourth-order valence-corrected chi connectivity index (χ4v) is 4.36. The summed E-state index contributed by atoms with van der Waals surface area (Å²) in [6.07, 6.45) is 4.22. The third-order valence-electron chi connectivity index (χ3n) is 6.01. The molecule has 2 atom stereocenters. The van der Waals surface area contributed by atoms with E-state index in [0.717, 1.165) is 56.8 Å². The SMILES string of the molecule is COc1ccc(CN2CC(Cc3ccccc3)NCC2CCCCN=C(N)N)cc1OC. The number of aliphatic imine (C=N–C) groups is 1. The van der Waals surface area contributed by atoms with Crippen molar-refractivity contribution in [3.8, 4) is 11.5 Å². The highest BCUT2D eigenvalue weighted by Gasteiger charge is 2.28. The molecule has 1 saturated heterocycles. The maximum absolute atomic E-state index is 5.52. The lowest BCUT2D eigenvalue weighted by molar-refractivity contribution is 0.113. The van der Waals surface area contributed by atoms with Gasteiger partial charge in [-0.05, 0) is 42.5 Å². The van der Waals surface area contributed by atoms with Gasteiger partial charge in [0.15, 0.2) is 17.5 Å². The predicted molar refractivity (Wildman–Crippen MR) is 130 cm³/mol. The van der Waals surface area contributed by atoms with Gasteiger partial charge in [0.05, 0.1) is 14.2 Å². The molecular formula is C25H37N5O2. The third kappa shape index (κ3) is 7.14. The van der Waals surface area contributed by atoms with Crippen molar-refractivity contribution in [1.82, 2.24) is 10.2 Å². The van der Waals surface area contributed by atoms with Crippen molar-refractivity contribution in [1.29, 1.82) is 0 Å². The van der Waals surface area contributed by atoms with Crippen molar-refractivity contribution in [3.05, 3.63) is 59.7 Å². The van der Waals surface area contributed by atoms with Crippen LogP contribution in [0, 0.1) is 0 Å². The summed E-state index contributed by atoms with van der Waals surface area (Å²) < 4.78 is 10.9. The minimum atomic E-state index is 0.170. The van der Waals surface area contributed by atoms with Gasteiger partial charge in [-0.2, -0.15) is 0 Å². The summed E-state index contributed by atoms with van der Waals surface area (Å²) in [4.78, 5) is 6.71. The monoisotopic (exact) mass is 439 g/mol. The Morgan fingerprint density at radius 1 is 1.03 bits per heavy atom. The van der Waals surface area contributed by atoms with Crippen LogP contribution in [0.15, 0.2) is 53.5 Å². The quantitative estimate of drug-likeness (QED) is 0.283. The highest BCUT2D eigenvalue weighted by atomic mass is 16.5. The number of rotatable bonds is 11. The van der Waals surface area contributed by atoms with Gasteiger partial charge in [0.25, 0.3) is 0 Å². The summed E-state index contributed by atoms with van der Waals surface area (Å²) in [5, 5.41) is 3.78. The fraction of sp³-hybridized carbons (Fsp3) is 0.480. The number of methoxy groups -OCH3 is 2. The van der Waals surface area contributed by atoms with Gasteiger partial charge < -0.3 is 26.3 Å². The molecule has 0 amide bonds. The molecular weight excluding hydrogens is 402 g/mol. The molecule has 32 heavy (non-hydrogen) atoms. The van der Waals surface area contributed by atoms with E-state index in [9.17, 15) is 0 Å². The van der Waals surface area contributed by atoms with E-state index < -0.39 is 0 Å². The number of guanidine groups is 1. The molecule has 2 aromatic carbocycles. The van der Waals surface area contributed by atoms with E-state index in [4.69, 9.17) is 20.9 Å². The third-order valence-corrected chi connectivity index (χ3v) is 6.01. The molecule has 0 saturated carbocycles. The first kappa shape index (κ1) is 23.9. The Balaban J connectivity index is 1.66. The number of hydrogen-bond acceptors (Lipinski definition) is 5. The number of piperazine rings is 1. The van der Waals surface area contributed by atoms with Crippen LogP contribution in [0.1, 0.15) is 30.4 Å². The van der Waals surface area contributed by atoms with Crippen LogP contribution in [0.25, 0.3) is 0 Å². The van der Waals surface area contributed by atoms with Crippen molar-refractivity contribution in [2.75, 3.05) is 33.9 Å². The minimum Gasteiger partial charge on any atom is -0.493 e. The lowest BCUT2D eigenvalue weighted by Crippen LogP contribution is -2.56. The first-order valence-corrected chi connectivity index (χ1v) is 11.4. The van der Waals surface area contributed by atoms with Crippen LogP contribution in [0.4, 0.5) is 0 Å². The van der Waals surface area contributed by atoms with Crippen LogP contribution >= 0.6 is 0 Å². The predicted octanol–water partition coefficient (Wildman–Crippen LogP) is 2.53. The number of nitrogens with one attached hydrogen (secondary N) is 1. The Morgan fingerprint density at radius 2 is 1.81 bits per heavy atom. The highest BCUT2D eigenvalue weighted by molar-refractivity contribution is 5.75. The standard InChI is InChI=1S/C25H37N5O2/c1-31-23-12-11-20(15-24(23)32-2)17-30-18-21(14-19-8-4-3-5-9-19)29-16-22(30)10-6-7-13-28-25(26)27/h3-5,8-9,11-12,15,21-22,29H,6-7,10,13-14,16-18H2,1-2H3,(H4,26,27,28). The lowest BCUT2D eigenvalue weighted by atomic mass is 9.98. The summed E-state index contributed by atoms with van der Waals surface area (Å²) in [5.41, 5.74) is 13.5. The molecule has 1 aliphatic heterocycles. The number of hydrogen-bond donors (Lipinski definition) is 3. The van der Waals surface area contributed by atoms with E-state index >= 15 is 0 Å². The molecule has 7 nitrogen and oxygen atoms in total. The Kier molecular flexibility index (Phi) is 9.19. The second kappa shape index (κ2) is 12.3. The van der Waals surface area contributed by atoms with Crippen LogP contribution < -0.4 is 26.3 Å². The van der Waals surface area contributed by atoms with Gasteiger partial charge in [0, 0.05) is 38.3 Å². The Morgan fingerprint density at radius 3 is 2.53 bits per heavy atom. The Hall–Kier alpha value is -2.77. The molecule has 2 unspecified atom stereocenters. The van der Waals surface area contributed by atoms with E-state index in [1.807, 2.05) is 6.07 Å². The van der Waals surface area contributed by atoms with E-state index in [-0.39, 0.29) is 5.96 Å². The van der Waals surface area contributed by atoms with Gasteiger partial charge in [-0.3, -0.25) is 9.89 Å². The van der Waals surface area contributed by atoms with Crippen LogP contribution in [-0.2, 0) is 13.0 Å². The number of benzene rings is 2. The molecule has 3 rings (SSSR count). The van der Waals surface area contributed by atoms with Crippen LogP contribution in [-0.4, -0.2) is 56.8 Å². The van der Waals surface area contributed by atoms with Crippen LogP contribution in [0.3, 0.4) is 0 Å². The number of unbranched alkanes of at least 4 members (excludes halogenated alkanes) is 1. The molecule has 0 bridgehead atoms. The first-order valence-electron chi connectivity index (χ1n) is 11.4. The first-order chi connectivity index (χ1) is 15.6. The summed E-state index contributed by atoms with van der Waals surface area (Å²) in [5.74, 6) is 1.70. The zero-order valence-electron chi connectivity index (χ0n) is 19.3. The van der Waals surface area contributed by atoms with E-state index in [1.54, 1.807) is 14.2 Å². The van der Waals surface area contributed by atoms with Crippen molar-refractivity contribution < 1.29 is 9.47 Å². The maximum Gasteiger partial charge on any atom is 0.185 e. The second-order valence-electron chi connectivity index (χ2n) is 8.37. The average molecular weight is 440 g/mol. The van der Waals surface area contributed by atoms with Gasteiger partial charge in [0.1, 0.15) is 0 Å². The van der Waals surface area contributed by atoms with Crippen molar-refractivity contribution >= 4 is 5.96 Å². The maximum atomic E-state index is 5.52. The Labute approximate surface area is 191 Å². The van der Waals surface area contributed by atoms with Crippen molar-refractivity contribution in [2.24, 2.45) is 16.5 Å². The summed E-state index contributed by atoms with van der Waals surface area (Å²) in [7, 11) is 3.35. The fourth-order valence-electron chi connectivity index (χ4n) is 4.36. The number of nitrogens with two attached hydrogens (primary N) is 2. The van der Waals surface area contributed by atoms with Gasteiger partial charge in [-0.15, -0.1) is 0 Å². The molecule has 7 heteroatoms. The zero-order valence-corrected chi connectivity index (χ0v) is 19.3. The second-order valence-corrected chi connectivity index (χ2v) is 8.37. The molecule has 0 aliphatic carbocycles. The minimum absolute atomic E-state index is 0.170. The molecule has 174 valence electrons. The largest absolute Gasteiger partial charge is 0.493 e. The molecule has 1 aliphatic rings. The van der Waals surface area contributed by atoms with Crippen LogP contribution in [0.2, 0.25) is 0 Å². The number of nitrogens with zero attached hydrogens (tertiary/aromatic N) is 2. The van der Waals surface area contributed by atoms with E-state index in [0.29, 0.717) is 18.6 Å². The number of ether oxygens (including phenoxy) is 2. The average Bonchev–Trinajstić information content (AvgIpc) is 2.80. The van der Waals surface area contributed by atoms with Gasteiger partial charge in [-0.1, -0.05) is 42.8 Å². The van der Waals surface area contributed by atoms with Crippen molar-refractivity contribution in [3.63, 3.8) is 0 Å². The van der Waals surface area contributed by atoms with Gasteiger partial charge >= 0.3 is 0 Å². The molecule has 5 N–H and O–H groups in total.